The second-order valence-corrected chi connectivity index (χ2v) is 5.01. The van der Waals surface area contributed by atoms with E-state index in [0.717, 1.165) is 0 Å². The maximum Gasteiger partial charge on any atom is 0.233 e. The number of ether oxygens (including phenoxy) is 2. The summed E-state index contributed by atoms with van der Waals surface area (Å²) in [6.07, 6.45) is -0.0711. The normalized spacial score (nSPS) is 17.1. The highest BCUT2D eigenvalue weighted by atomic mass is 16.5. The molecule has 1 aliphatic heterocycles. The second-order valence-electron chi connectivity index (χ2n) is 5.01. The molecule has 0 aliphatic carbocycles. The summed E-state index contributed by atoms with van der Waals surface area (Å²) in [5.74, 6) is -0.556. The maximum absolute atomic E-state index is 12.5. The Kier molecular flexibility index (Phi) is 4.86. The van der Waals surface area contributed by atoms with Crippen molar-refractivity contribution in [2.24, 2.45) is 5.92 Å². The standard InChI is InChI=1S/C16H17N3O4/c1-9-12(8-17)11(7-15(20)18-9)16(21)19-13-6-10(22-2)4-5-14(13)23-3/h4-6,11H,7H2,1-3H3,(H,18,20)(H,19,21). The topological polar surface area (TPSA) is 100 Å². The van der Waals surface area contributed by atoms with E-state index in [2.05, 4.69) is 10.6 Å². The quantitative estimate of drug-likeness (QED) is 0.878. The molecule has 2 rings (SSSR count). The zero-order valence-corrected chi connectivity index (χ0v) is 13.1. The largest absolute Gasteiger partial charge is 0.497 e. The van der Waals surface area contributed by atoms with Gasteiger partial charge in [-0.15, -0.1) is 0 Å². The van der Waals surface area contributed by atoms with E-state index in [4.69, 9.17) is 9.47 Å². The highest BCUT2D eigenvalue weighted by molar-refractivity contribution is 6.00. The third-order valence-corrected chi connectivity index (χ3v) is 3.57. The third kappa shape index (κ3) is 3.43. The van der Waals surface area contributed by atoms with Gasteiger partial charge in [0, 0.05) is 18.2 Å². The average Bonchev–Trinajstić information content (AvgIpc) is 2.54. The van der Waals surface area contributed by atoms with E-state index >= 15 is 0 Å². The van der Waals surface area contributed by atoms with Gasteiger partial charge in [-0.25, -0.2) is 0 Å². The Balaban J connectivity index is 2.30. The lowest BCUT2D eigenvalue weighted by molar-refractivity contribution is -0.126. The molecule has 23 heavy (non-hydrogen) atoms. The molecule has 0 saturated carbocycles. The van der Waals surface area contributed by atoms with E-state index in [1.807, 2.05) is 6.07 Å². The fourth-order valence-electron chi connectivity index (χ4n) is 2.39. The third-order valence-electron chi connectivity index (χ3n) is 3.57. The van der Waals surface area contributed by atoms with Crippen LogP contribution in [0.25, 0.3) is 0 Å². The first-order chi connectivity index (χ1) is 11.0. The van der Waals surface area contributed by atoms with Crippen molar-refractivity contribution in [3.05, 3.63) is 29.5 Å². The van der Waals surface area contributed by atoms with Crippen LogP contribution in [0.2, 0.25) is 0 Å². The zero-order valence-electron chi connectivity index (χ0n) is 13.1. The van der Waals surface area contributed by atoms with Crippen LogP contribution in [0.4, 0.5) is 5.69 Å². The van der Waals surface area contributed by atoms with Gasteiger partial charge in [-0.3, -0.25) is 9.59 Å². The molecule has 1 atom stereocenters. The lowest BCUT2D eigenvalue weighted by atomic mass is 9.90. The van der Waals surface area contributed by atoms with E-state index in [-0.39, 0.29) is 17.9 Å². The van der Waals surface area contributed by atoms with Gasteiger partial charge in [0.05, 0.1) is 37.5 Å². The number of carbonyl (C=O) groups excluding carboxylic acids is 2. The number of methoxy groups -OCH3 is 2. The Morgan fingerprint density at radius 2 is 2.13 bits per heavy atom. The lowest BCUT2D eigenvalue weighted by Gasteiger charge is -2.23. The predicted octanol–water partition coefficient (Wildman–Crippen LogP) is 1.58. The first-order valence-corrected chi connectivity index (χ1v) is 6.93. The summed E-state index contributed by atoms with van der Waals surface area (Å²) in [5, 5.41) is 14.5. The van der Waals surface area contributed by atoms with Crippen LogP contribution in [-0.2, 0) is 9.59 Å². The molecule has 1 aromatic rings. The molecule has 0 bridgehead atoms. The van der Waals surface area contributed by atoms with Gasteiger partial charge in [-0.1, -0.05) is 0 Å². The van der Waals surface area contributed by atoms with Gasteiger partial charge >= 0.3 is 0 Å². The minimum Gasteiger partial charge on any atom is -0.497 e. The number of amides is 2. The van der Waals surface area contributed by atoms with Crippen molar-refractivity contribution < 1.29 is 19.1 Å². The molecule has 2 N–H and O–H groups in total. The summed E-state index contributed by atoms with van der Waals surface area (Å²) >= 11 is 0. The number of nitrogens with one attached hydrogen (secondary N) is 2. The summed E-state index contributed by atoms with van der Waals surface area (Å²) in [4.78, 5) is 24.2. The molecule has 120 valence electrons. The molecule has 0 aromatic heterocycles. The molecule has 7 nitrogen and oxygen atoms in total. The van der Waals surface area contributed by atoms with Gasteiger partial charge in [-0.2, -0.15) is 5.26 Å². The van der Waals surface area contributed by atoms with Crippen molar-refractivity contribution in [2.75, 3.05) is 19.5 Å². The van der Waals surface area contributed by atoms with Crippen molar-refractivity contribution in [2.45, 2.75) is 13.3 Å². The minimum absolute atomic E-state index is 0.0711. The fourth-order valence-corrected chi connectivity index (χ4v) is 2.39. The summed E-state index contributed by atoms with van der Waals surface area (Å²) in [6.45, 7) is 1.60. The zero-order chi connectivity index (χ0) is 17.0. The monoisotopic (exact) mass is 315 g/mol. The molecule has 2 amide bonds. The number of benzene rings is 1. The number of hydrogen-bond donors (Lipinski definition) is 2. The number of nitrogens with zero attached hydrogens (tertiary/aromatic N) is 1. The SMILES string of the molecule is COc1ccc(OC)c(NC(=O)C2CC(=O)NC(C)=C2C#N)c1. The van der Waals surface area contributed by atoms with Gasteiger partial charge in [0.25, 0.3) is 0 Å². The summed E-state index contributed by atoms with van der Waals surface area (Å²) in [5.41, 5.74) is 1.07. The van der Waals surface area contributed by atoms with Crippen molar-refractivity contribution in [3.63, 3.8) is 0 Å². The number of rotatable bonds is 4. The predicted molar refractivity (Wildman–Crippen MR) is 82.7 cm³/mol. The highest BCUT2D eigenvalue weighted by Gasteiger charge is 2.32. The Bertz CT molecular complexity index is 719. The molecule has 7 heteroatoms. The van der Waals surface area contributed by atoms with Gasteiger partial charge in [0.2, 0.25) is 11.8 Å². The number of nitriles is 1. The first-order valence-electron chi connectivity index (χ1n) is 6.93. The number of carbonyl (C=O) groups is 2. The molecule has 1 aromatic carbocycles. The van der Waals surface area contributed by atoms with Crippen LogP contribution in [0.1, 0.15) is 13.3 Å². The van der Waals surface area contributed by atoms with Crippen molar-refractivity contribution in [3.8, 4) is 17.6 Å². The maximum atomic E-state index is 12.5. The minimum atomic E-state index is -0.829. The molecular weight excluding hydrogens is 298 g/mol. The highest BCUT2D eigenvalue weighted by Crippen LogP contribution is 2.31. The van der Waals surface area contributed by atoms with Crippen molar-refractivity contribution in [1.82, 2.24) is 5.32 Å². The molecule has 0 radical (unpaired) electrons. The second kappa shape index (κ2) is 6.83. The molecule has 0 fully saturated rings. The van der Waals surface area contributed by atoms with Crippen LogP contribution < -0.4 is 20.1 Å². The molecule has 0 spiro atoms. The van der Waals surface area contributed by atoms with Crippen molar-refractivity contribution >= 4 is 17.5 Å². The smallest absolute Gasteiger partial charge is 0.233 e. The summed E-state index contributed by atoms with van der Waals surface area (Å²) < 4.78 is 10.3. The summed E-state index contributed by atoms with van der Waals surface area (Å²) in [7, 11) is 3.00. The van der Waals surface area contributed by atoms with E-state index in [1.165, 1.54) is 14.2 Å². The van der Waals surface area contributed by atoms with E-state index < -0.39 is 11.8 Å². The van der Waals surface area contributed by atoms with Crippen LogP contribution in [0.15, 0.2) is 29.5 Å². The molecule has 1 heterocycles. The fraction of sp³-hybridized carbons (Fsp3) is 0.312. The van der Waals surface area contributed by atoms with Gasteiger partial charge in [-0.05, 0) is 19.1 Å². The number of hydrogen-bond acceptors (Lipinski definition) is 5. The number of anilines is 1. The lowest BCUT2D eigenvalue weighted by Crippen LogP contribution is -2.37. The first kappa shape index (κ1) is 16.4. The van der Waals surface area contributed by atoms with Crippen LogP contribution in [-0.4, -0.2) is 26.0 Å². The van der Waals surface area contributed by atoms with E-state index in [0.29, 0.717) is 22.9 Å². The van der Waals surface area contributed by atoms with Gasteiger partial charge < -0.3 is 20.1 Å². The van der Waals surface area contributed by atoms with E-state index in [1.54, 1.807) is 25.1 Å². The Morgan fingerprint density at radius 1 is 1.39 bits per heavy atom. The molecule has 1 aliphatic rings. The van der Waals surface area contributed by atoms with E-state index in [9.17, 15) is 14.9 Å². The van der Waals surface area contributed by atoms with Crippen molar-refractivity contribution in [1.29, 1.82) is 5.26 Å². The van der Waals surface area contributed by atoms with Crippen LogP contribution in [0.3, 0.4) is 0 Å². The van der Waals surface area contributed by atoms with Crippen LogP contribution in [0, 0.1) is 17.2 Å². The Morgan fingerprint density at radius 3 is 2.74 bits per heavy atom. The number of allylic oxidation sites excluding steroid dienone is 1. The molecule has 1 unspecified atom stereocenters. The molecule has 0 saturated heterocycles. The summed E-state index contributed by atoms with van der Waals surface area (Å²) in [6, 6.07) is 6.97. The average molecular weight is 315 g/mol. The van der Waals surface area contributed by atoms with Gasteiger partial charge in [0.1, 0.15) is 11.5 Å². The Hall–Kier alpha value is -3.01. The van der Waals surface area contributed by atoms with Crippen LogP contribution in [0.5, 0.6) is 11.5 Å². The Labute approximate surface area is 133 Å². The van der Waals surface area contributed by atoms with Gasteiger partial charge in [0.15, 0.2) is 0 Å². The van der Waals surface area contributed by atoms with Crippen LogP contribution >= 0.6 is 0 Å². The molecular formula is C16H17N3O4.